The summed E-state index contributed by atoms with van der Waals surface area (Å²) in [5.41, 5.74) is 1.00. The Labute approximate surface area is 96.2 Å². The fraction of sp³-hybridized carbons (Fsp3) is 0. The van der Waals surface area contributed by atoms with Crippen LogP contribution in [0.25, 0.3) is 11.3 Å². The number of aromatic nitrogens is 2. The molecule has 1 heterocycles. The zero-order valence-corrected chi connectivity index (χ0v) is 8.74. The third-order valence-corrected chi connectivity index (χ3v) is 2.17. The van der Waals surface area contributed by atoms with Gasteiger partial charge in [-0.15, -0.1) is 0 Å². The lowest BCUT2D eigenvalue weighted by atomic mass is 10.1. The lowest BCUT2D eigenvalue weighted by Gasteiger charge is -2.01. The number of hydrogen-bond acceptors (Lipinski definition) is 3. The molecule has 0 aliphatic rings. The van der Waals surface area contributed by atoms with Crippen LogP contribution in [0.1, 0.15) is 5.56 Å². The second-order valence-electron chi connectivity index (χ2n) is 3.03. The van der Waals surface area contributed by atoms with E-state index in [0.29, 0.717) is 11.3 Å². The number of rotatable bonds is 1. The summed E-state index contributed by atoms with van der Waals surface area (Å²) in [6.45, 7) is 0. The number of benzene rings is 1. The van der Waals surface area contributed by atoms with Gasteiger partial charge in [-0.05, 0) is 12.1 Å². The molecule has 0 saturated heterocycles. The molecule has 0 atom stereocenters. The Hall–Kier alpha value is -1.99. The molecule has 0 radical (unpaired) electrons. The number of halogens is 2. The molecule has 0 unspecified atom stereocenters. The largest absolute Gasteiger partial charge is 0.259 e. The molecule has 0 amide bonds. The Bertz CT molecular complexity index is 578. The summed E-state index contributed by atoms with van der Waals surface area (Å²) in [5, 5.41) is 8.82. The highest BCUT2D eigenvalue weighted by Crippen LogP contribution is 2.20. The van der Waals surface area contributed by atoms with E-state index in [1.54, 1.807) is 12.1 Å². The molecule has 0 bridgehead atoms. The van der Waals surface area contributed by atoms with Gasteiger partial charge in [-0.2, -0.15) is 5.26 Å². The van der Waals surface area contributed by atoms with Crippen LogP contribution in [0, 0.1) is 17.1 Å². The molecule has 0 N–H and O–H groups in total. The van der Waals surface area contributed by atoms with E-state index in [4.69, 9.17) is 16.9 Å². The molecule has 2 aromatic rings. The maximum absolute atomic E-state index is 13.3. The minimum atomic E-state index is -0.582. The van der Waals surface area contributed by atoms with Crippen molar-refractivity contribution in [2.24, 2.45) is 0 Å². The third kappa shape index (κ3) is 2.00. The van der Waals surface area contributed by atoms with E-state index in [2.05, 4.69) is 9.97 Å². The molecule has 2 rings (SSSR count). The van der Waals surface area contributed by atoms with Gasteiger partial charge in [0.2, 0.25) is 0 Å². The standard InChI is InChI=1S/C11H5ClFN3/c12-11-6-15-5-10(16-11)7-1-2-8(4-14)9(13)3-7/h1-3,5-6H. The summed E-state index contributed by atoms with van der Waals surface area (Å²) in [4.78, 5) is 7.84. The van der Waals surface area contributed by atoms with Crippen LogP contribution in [0.5, 0.6) is 0 Å². The third-order valence-electron chi connectivity index (χ3n) is 1.99. The minimum Gasteiger partial charge on any atom is -0.259 e. The maximum atomic E-state index is 13.3. The van der Waals surface area contributed by atoms with Crippen molar-refractivity contribution < 1.29 is 4.39 Å². The van der Waals surface area contributed by atoms with Crippen LogP contribution in [0.3, 0.4) is 0 Å². The fourth-order valence-electron chi connectivity index (χ4n) is 1.25. The Morgan fingerprint density at radius 3 is 2.75 bits per heavy atom. The number of nitrogens with zero attached hydrogens (tertiary/aromatic N) is 3. The van der Waals surface area contributed by atoms with E-state index in [1.165, 1.54) is 24.5 Å². The lowest BCUT2D eigenvalue weighted by Crippen LogP contribution is -1.89. The second kappa shape index (κ2) is 4.25. The normalized spacial score (nSPS) is 9.81. The first-order valence-electron chi connectivity index (χ1n) is 4.38. The maximum Gasteiger partial charge on any atom is 0.148 e. The first-order chi connectivity index (χ1) is 7.70. The van der Waals surface area contributed by atoms with E-state index in [1.807, 2.05) is 0 Å². The van der Waals surface area contributed by atoms with Gasteiger partial charge in [-0.25, -0.2) is 9.37 Å². The highest BCUT2D eigenvalue weighted by atomic mass is 35.5. The molecular formula is C11H5ClFN3. The van der Waals surface area contributed by atoms with Gasteiger partial charge >= 0.3 is 0 Å². The quantitative estimate of drug-likeness (QED) is 0.761. The monoisotopic (exact) mass is 233 g/mol. The molecule has 78 valence electrons. The number of nitriles is 1. The van der Waals surface area contributed by atoms with E-state index >= 15 is 0 Å². The second-order valence-corrected chi connectivity index (χ2v) is 3.42. The van der Waals surface area contributed by atoms with Gasteiger partial charge in [-0.1, -0.05) is 17.7 Å². The van der Waals surface area contributed by atoms with Crippen molar-refractivity contribution in [2.75, 3.05) is 0 Å². The highest BCUT2D eigenvalue weighted by molar-refractivity contribution is 6.29. The fourth-order valence-corrected chi connectivity index (χ4v) is 1.39. The average molecular weight is 234 g/mol. The smallest absolute Gasteiger partial charge is 0.148 e. The van der Waals surface area contributed by atoms with Crippen molar-refractivity contribution in [3.8, 4) is 17.3 Å². The van der Waals surface area contributed by atoms with Gasteiger partial charge in [0.1, 0.15) is 17.0 Å². The number of hydrogen-bond donors (Lipinski definition) is 0. The van der Waals surface area contributed by atoms with Gasteiger partial charge in [-0.3, -0.25) is 4.98 Å². The molecule has 5 heteroatoms. The first kappa shape index (κ1) is 10.5. The summed E-state index contributed by atoms with van der Waals surface area (Å²) >= 11 is 5.67. The van der Waals surface area contributed by atoms with E-state index < -0.39 is 5.82 Å². The predicted octanol–water partition coefficient (Wildman–Crippen LogP) is 2.81. The molecule has 3 nitrogen and oxygen atoms in total. The molecule has 16 heavy (non-hydrogen) atoms. The van der Waals surface area contributed by atoms with E-state index in [-0.39, 0.29) is 10.7 Å². The highest BCUT2D eigenvalue weighted by Gasteiger charge is 2.06. The van der Waals surface area contributed by atoms with E-state index in [0.717, 1.165) is 0 Å². The van der Waals surface area contributed by atoms with Gasteiger partial charge in [0, 0.05) is 5.56 Å². The summed E-state index contributed by atoms with van der Waals surface area (Å²) in [7, 11) is 0. The Kier molecular flexibility index (Phi) is 2.80. The van der Waals surface area contributed by atoms with Crippen molar-refractivity contribution in [1.82, 2.24) is 9.97 Å². The van der Waals surface area contributed by atoms with Crippen LogP contribution < -0.4 is 0 Å². The van der Waals surface area contributed by atoms with Crippen molar-refractivity contribution in [2.45, 2.75) is 0 Å². The summed E-state index contributed by atoms with van der Waals surface area (Å²) in [6, 6.07) is 5.98. The van der Waals surface area contributed by atoms with Crippen molar-refractivity contribution in [3.05, 3.63) is 47.1 Å². The molecule has 0 spiro atoms. The van der Waals surface area contributed by atoms with Crippen LogP contribution >= 0.6 is 11.6 Å². The van der Waals surface area contributed by atoms with Crippen LogP contribution in [0.4, 0.5) is 4.39 Å². The van der Waals surface area contributed by atoms with Crippen LogP contribution in [-0.2, 0) is 0 Å². The van der Waals surface area contributed by atoms with Gasteiger partial charge < -0.3 is 0 Å². The Balaban J connectivity index is 2.50. The molecular weight excluding hydrogens is 229 g/mol. The SMILES string of the molecule is N#Cc1ccc(-c2cncc(Cl)n2)cc1F. The zero-order valence-electron chi connectivity index (χ0n) is 7.98. The molecule has 0 fully saturated rings. The summed E-state index contributed by atoms with van der Waals surface area (Å²) < 4.78 is 13.3. The summed E-state index contributed by atoms with van der Waals surface area (Å²) in [6.07, 6.45) is 2.87. The van der Waals surface area contributed by atoms with Crippen molar-refractivity contribution in [1.29, 1.82) is 5.26 Å². The lowest BCUT2D eigenvalue weighted by molar-refractivity contribution is 0.624. The van der Waals surface area contributed by atoms with E-state index in [9.17, 15) is 4.39 Å². The van der Waals surface area contributed by atoms with Crippen molar-refractivity contribution >= 4 is 11.6 Å². The molecule has 0 aliphatic carbocycles. The Morgan fingerprint density at radius 1 is 1.31 bits per heavy atom. The topological polar surface area (TPSA) is 49.6 Å². The predicted molar refractivity (Wildman–Crippen MR) is 57.2 cm³/mol. The molecule has 1 aromatic heterocycles. The van der Waals surface area contributed by atoms with Crippen LogP contribution in [0.2, 0.25) is 5.15 Å². The van der Waals surface area contributed by atoms with Crippen molar-refractivity contribution in [3.63, 3.8) is 0 Å². The van der Waals surface area contributed by atoms with Crippen LogP contribution in [-0.4, -0.2) is 9.97 Å². The van der Waals surface area contributed by atoms with Gasteiger partial charge in [0.25, 0.3) is 0 Å². The zero-order chi connectivity index (χ0) is 11.5. The minimum absolute atomic E-state index is 0.00117. The summed E-state index contributed by atoms with van der Waals surface area (Å²) in [5.74, 6) is -0.582. The average Bonchev–Trinajstić information content (AvgIpc) is 2.29. The Morgan fingerprint density at radius 2 is 2.12 bits per heavy atom. The molecule has 0 saturated carbocycles. The molecule has 1 aromatic carbocycles. The first-order valence-corrected chi connectivity index (χ1v) is 4.76. The van der Waals surface area contributed by atoms with Gasteiger partial charge in [0.15, 0.2) is 0 Å². The van der Waals surface area contributed by atoms with Gasteiger partial charge in [0.05, 0.1) is 23.7 Å². The van der Waals surface area contributed by atoms with Crippen LogP contribution in [0.15, 0.2) is 30.6 Å². The molecule has 0 aliphatic heterocycles.